The lowest BCUT2D eigenvalue weighted by atomic mass is 10.4. The summed E-state index contributed by atoms with van der Waals surface area (Å²) in [4.78, 5) is 12.1. The van der Waals surface area contributed by atoms with Crippen LogP contribution in [0.2, 0.25) is 0 Å². The Morgan fingerprint density at radius 3 is 2.76 bits per heavy atom. The molecule has 1 rings (SSSR count). The molecule has 0 saturated heterocycles. The van der Waals surface area contributed by atoms with Crippen molar-refractivity contribution in [2.24, 2.45) is 0 Å². The molecule has 0 aliphatic rings. The number of hydrogen-bond acceptors (Lipinski definition) is 6. The average molecular weight is 241 g/mol. The molecule has 1 aromatic rings. The highest BCUT2D eigenvalue weighted by molar-refractivity contribution is 5.68. The van der Waals surface area contributed by atoms with Crippen LogP contribution in [0.1, 0.15) is 0 Å². The van der Waals surface area contributed by atoms with Crippen molar-refractivity contribution in [2.45, 2.75) is 0 Å². The highest BCUT2D eigenvalue weighted by Crippen LogP contribution is 2.11. The summed E-state index contributed by atoms with van der Waals surface area (Å²) in [7, 11) is 3.49. The van der Waals surface area contributed by atoms with Gasteiger partial charge in [0.1, 0.15) is 0 Å². The fraction of sp³-hybridized carbons (Fsp3) is 0.500. The molecule has 1 N–H and O–H groups in total. The minimum Gasteiger partial charge on any atom is -0.479 e. The molecule has 1 heterocycles. The first-order chi connectivity index (χ1) is 8.13. The van der Waals surface area contributed by atoms with Gasteiger partial charge in [-0.25, -0.2) is 4.79 Å². The average Bonchev–Trinajstić information content (AvgIpc) is 2.34. The highest BCUT2D eigenvalue weighted by atomic mass is 16.5. The van der Waals surface area contributed by atoms with Gasteiger partial charge in [0.15, 0.2) is 12.4 Å². The van der Waals surface area contributed by atoms with Gasteiger partial charge in [0, 0.05) is 26.8 Å². The molecule has 0 unspecified atom stereocenters. The summed E-state index contributed by atoms with van der Waals surface area (Å²) in [6, 6.07) is 3.29. The number of anilines is 1. The maximum absolute atomic E-state index is 10.3. The fourth-order valence-electron chi connectivity index (χ4n) is 1.07. The molecule has 94 valence electrons. The lowest BCUT2D eigenvalue weighted by Gasteiger charge is -2.16. The van der Waals surface area contributed by atoms with Gasteiger partial charge in [-0.05, 0) is 6.07 Å². The monoisotopic (exact) mass is 241 g/mol. The molecule has 0 aliphatic heterocycles. The van der Waals surface area contributed by atoms with E-state index in [1.807, 2.05) is 11.9 Å². The van der Waals surface area contributed by atoms with Crippen molar-refractivity contribution in [2.75, 3.05) is 38.8 Å². The molecule has 0 spiro atoms. The highest BCUT2D eigenvalue weighted by Gasteiger charge is 2.05. The van der Waals surface area contributed by atoms with E-state index in [1.54, 1.807) is 19.2 Å². The van der Waals surface area contributed by atoms with E-state index in [0.29, 0.717) is 19.0 Å². The van der Waals surface area contributed by atoms with Crippen LogP contribution in [0.3, 0.4) is 0 Å². The Morgan fingerprint density at radius 1 is 1.47 bits per heavy atom. The number of rotatable bonds is 7. The first kappa shape index (κ1) is 13.2. The van der Waals surface area contributed by atoms with Crippen LogP contribution in [0.25, 0.3) is 0 Å². The van der Waals surface area contributed by atoms with E-state index < -0.39 is 12.6 Å². The Balaban J connectivity index is 2.51. The van der Waals surface area contributed by atoms with Crippen molar-refractivity contribution in [1.82, 2.24) is 10.2 Å². The van der Waals surface area contributed by atoms with E-state index in [1.165, 1.54) is 0 Å². The predicted molar refractivity (Wildman–Crippen MR) is 60.3 cm³/mol. The van der Waals surface area contributed by atoms with Gasteiger partial charge in [-0.2, -0.15) is 0 Å². The summed E-state index contributed by atoms with van der Waals surface area (Å²) in [6.07, 6.45) is 0. The van der Waals surface area contributed by atoms with Gasteiger partial charge in [0.05, 0.1) is 6.61 Å². The summed E-state index contributed by atoms with van der Waals surface area (Å²) in [6.45, 7) is 0.865. The number of ether oxygens (including phenoxy) is 2. The molecule has 0 bridgehead atoms. The Hall–Kier alpha value is -1.89. The zero-order valence-corrected chi connectivity index (χ0v) is 9.79. The third-order valence-corrected chi connectivity index (χ3v) is 1.99. The minimum atomic E-state index is -1.05. The first-order valence-corrected chi connectivity index (χ1v) is 5.02. The topological polar surface area (TPSA) is 84.8 Å². The predicted octanol–water partition coefficient (Wildman–Crippen LogP) is 0.0226. The summed E-state index contributed by atoms with van der Waals surface area (Å²) in [5.41, 5.74) is 0. The standard InChI is InChI=1S/C10H15N3O4/c1-13(5-6-16-2)8-3-4-9(12-11-8)17-7-10(14)15/h3-4H,5-7H2,1-2H3,(H,14,15). The van der Waals surface area contributed by atoms with Crippen LogP contribution in [0.5, 0.6) is 5.88 Å². The molecule has 0 amide bonds. The maximum Gasteiger partial charge on any atom is 0.341 e. The van der Waals surface area contributed by atoms with Crippen molar-refractivity contribution in [3.63, 3.8) is 0 Å². The number of aliphatic carboxylic acids is 1. The third kappa shape index (κ3) is 4.64. The Kier molecular flexibility index (Phi) is 5.15. The van der Waals surface area contributed by atoms with Crippen LogP contribution in [0.15, 0.2) is 12.1 Å². The lowest BCUT2D eigenvalue weighted by molar-refractivity contribution is -0.139. The molecule has 0 atom stereocenters. The maximum atomic E-state index is 10.3. The number of carbonyl (C=O) groups is 1. The first-order valence-electron chi connectivity index (χ1n) is 5.02. The molecule has 0 aromatic carbocycles. The zero-order chi connectivity index (χ0) is 12.7. The van der Waals surface area contributed by atoms with E-state index in [9.17, 15) is 4.79 Å². The van der Waals surface area contributed by atoms with E-state index in [0.717, 1.165) is 0 Å². The van der Waals surface area contributed by atoms with Crippen molar-refractivity contribution in [3.05, 3.63) is 12.1 Å². The Labute approximate surface area is 99.0 Å². The zero-order valence-electron chi connectivity index (χ0n) is 9.79. The van der Waals surface area contributed by atoms with Gasteiger partial charge in [-0.15, -0.1) is 10.2 Å². The number of carboxylic acid groups (broad SMARTS) is 1. The van der Waals surface area contributed by atoms with Crippen LogP contribution >= 0.6 is 0 Å². The van der Waals surface area contributed by atoms with Gasteiger partial charge < -0.3 is 19.5 Å². The second-order valence-electron chi connectivity index (χ2n) is 3.33. The molecule has 0 aliphatic carbocycles. The van der Waals surface area contributed by atoms with Gasteiger partial charge in [-0.1, -0.05) is 0 Å². The van der Waals surface area contributed by atoms with Crippen LogP contribution in [0, 0.1) is 0 Å². The minimum absolute atomic E-state index is 0.191. The second-order valence-corrected chi connectivity index (χ2v) is 3.33. The van der Waals surface area contributed by atoms with Crippen LogP contribution in [-0.2, 0) is 9.53 Å². The van der Waals surface area contributed by atoms with E-state index in [2.05, 4.69) is 10.2 Å². The quantitative estimate of drug-likeness (QED) is 0.720. The number of hydrogen-bond donors (Lipinski definition) is 1. The largest absolute Gasteiger partial charge is 0.479 e. The number of nitrogens with zero attached hydrogens (tertiary/aromatic N) is 3. The molecule has 7 nitrogen and oxygen atoms in total. The van der Waals surface area contributed by atoms with Gasteiger partial charge in [0.2, 0.25) is 5.88 Å². The van der Waals surface area contributed by atoms with Crippen molar-refractivity contribution in [3.8, 4) is 5.88 Å². The number of likely N-dealkylation sites (N-methyl/N-ethyl adjacent to an activating group) is 1. The summed E-state index contributed by atoms with van der Waals surface area (Å²) < 4.78 is 9.81. The summed E-state index contributed by atoms with van der Waals surface area (Å²) in [5, 5.41) is 16.1. The number of aromatic nitrogens is 2. The smallest absolute Gasteiger partial charge is 0.341 e. The number of methoxy groups -OCH3 is 1. The number of carboxylic acids is 1. The van der Waals surface area contributed by atoms with Crippen molar-refractivity contribution in [1.29, 1.82) is 0 Å². The van der Waals surface area contributed by atoms with E-state index >= 15 is 0 Å². The molecular weight excluding hydrogens is 226 g/mol. The van der Waals surface area contributed by atoms with Gasteiger partial charge >= 0.3 is 5.97 Å². The molecule has 7 heteroatoms. The van der Waals surface area contributed by atoms with Gasteiger partial charge in [0.25, 0.3) is 0 Å². The fourth-order valence-corrected chi connectivity index (χ4v) is 1.07. The molecule has 1 aromatic heterocycles. The van der Waals surface area contributed by atoms with Crippen LogP contribution in [-0.4, -0.2) is 55.2 Å². The normalized spacial score (nSPS) is 10.0. The SMILES string of the molecule is COCCN(C)c1ccc(OCC(=O)O)nn1. The van der Waals surface area contributed by atoms with Crippen molar-refractivity contribution >= 4 is 11.8 Å². The van der Waals surface area contributed by atoms with Crippen LogP contribution < -0.4 is 9.64 Å². The molecule has 0 radical (unpaired) electrons. The Bertz CT molecular complexity index is 355. The molecule has 17 heavy (non-hydrogen) atoms. The van der Waals surface area contributed by atoms with E-state index in [4.69, 9.17) is 14.6 Å². The Morgan fingerprint density at radius 2 is 2.24 bits per heavy atom. The van der Waals surface area contributed by atoms with E-state index in [-0.39, 0.29) is 5.88 Å². The third-order valence-electron chi connectivity index (χ3n) is 1.99. The summed E-state index contributed by atoms with van der Waals surface area (Å²) >= 11 is 0. The molecule has 0 fully saturated rings. The van der Waals surface area contributed by atoms with Gasteiger partial charge in [-0.3, -0.25) is 0 Å². The second kappa shape index (κ2) is 6.64. The van der Waals surface area contributed by atoms with Crippen molar-refractivity contribution < 1.29 is 19.4 Å². The summed E-state index contributed by atoms with van der Waals surface area (Å²) in [5.74, 6) is -0.186. The van der Waals surface area contributed by atoms with Crippen LogP contribution in [0.4, 0.5) is 5.82 Å². The molecule has 0 saturated carbocycles. The lowest BCUT2D eigenvalue weighted by Crippen LogP contribution is -2.23. The molecular formula is C10H15N3O4.